The van der Waals surface area contributed by atoms with Crippen molar-refractivity contribution in [3.8, 4) is 0 Å². The van der Waals surface area contributed by atoms with E-state index in [0.29, 0.717) is 0 Å². The number of hydrogen-bond acceptors (Lipinski definition) is 3. The third-order valence-corrected chi connectivity index (χ3v) is 1.61. The first-order valence-corrected chi connectivity index (χ1v) is 3.88. The molecule has 0 aliphatic heterocycles. The molecule has 4 heteroatoms. The van der Waals surface area contributed by atoms with Gasteiger partial charge in [0.05, 0.1) is 12.7 Å². The highest BCUT2D eigenvalue weighted by molar-refractivity contribution is 6.05. The number of nitrogens with zero attached hydrogens (tertiary/aromatic N) is 1. The van der Waals surface area contributed by atoms with Gasteiger partial charge in [-0.1, -0.05) is 0 Å². The monoisotopic (exact) mass is 181 g/mol. The lowest BCUT2D eigenvalue weighted by molar-refractivity contribution is -0.127. The molecule has 1 amide bonds. The van der Waals surface area contributed by atoms with Crippen LogP contribution in [0.4, 0.5) is 0 Å². The third kappa shape index (κ3) is 2.43. The lowest BCUT2D eigenvalue weighted by atomic mass is 10.2. The van der Waals surface area contributed by atoms with E-state index in [1.807, 2.05) is 0 Å². The number of carbonyl (C=O) groups excluding carboxylic acids is 2. The predicted molar refractivity (Wildman–Crippen MR) is 46.3 cm³/mol. The van der Waals surface area contributed by atoms with E-state index in [9.17, 15) is 9.59 Å². The number of rotatable bonds is 3. The molecule has 0 saturated heterocycles. The number of ketones is 1. The van der Waals surface area contributed by atoms with Gasteiger partial charge in [-0.25, -0.2) is 0 Å². The maximum atomic E-state index is 11.3. The number of furan rings is 1. The Balaban J connectivity index is 2.57. The number of hydrogen-bond donors (Lipinski definition) is 0. The smallest absolute Gasteiger partial charge is 0.230 e. The molecule has 1 rings (SSSR count). The van der Waals surface area contributed by atoms with Crippen molar-refractivity contribution in [1.82, 2.24) is 4.90 Å². The molecule has 0 atom stereocenters. The zero-order chi connectivity index (χ0) is 9.84. The lowest BCUT2D eigenvalue weighted by Crippen LogP contribution is -2.24. The van der Waals surface area contributed by atoms with Crippen molar-refractivity contribution in [2.75, 3.05) is 14.1 Å². The Hall–Kier alpha value is -1.58. The SMILES string of the molecule is CN(C)C(=O)CC(=O)c1ccco1. The fourth-order valence-electron chi connectivity index (χ4n) is 0.820. The van der Waals surface area contributed by atoms with E-state index in [0.717, 1.165) is 0 Å². The van der Waals surface area contributed by atoms with Crippen molar-refractivity contribution < 1.29 is 14.0 Å². The van der Waals surface area contributed by atoms with Crippen molar-refractivity contribution in [3.05, 3.63) is 24.2 Å². The second-order valence-corrected chi connectivity index (χ2v) is 2.87. The van der Waals surface area contributed by atoms with E-state index in [-0.39, 0.29) is 23.9 Å². The molecule has 13 heavy (non-hydrogen) atoms. The molecule has 1 heterocycles. The average molecular weight is 181 g/mol. The molecular weight excluding hydrogens is 170 g/mol. The van der Waals surface area contributed by atoms with E-state index in [4.69, 9.17) is 4.42 Å². The van der Waals surface area contributed by atoms with Gasteiger partial charge in [0.25, 0.3) is 0 Å². The van der Waals surface area contributed by atoms with Crippen LogP contribution in [0, 0.1) is 0 Å². The van der Waals surface area contributed by atoms with Gasteiger partial charge < -0.3 is 9.32 Å². The summed E-state index contributed by atoms with van der Waals surface area (Å²) in [5.41, 5.74) is 0. The first-order chi connectivity index (χ1) is 6.11. The highest BCUT2D eigenvalue weighted by Crippen LogP contribution is 2.04. The summed E-state index contributed by atoms with van der Waals surface area (Å²) in [5.74, 6) is -0.277. The molecule has 0 aliphatic rings. The molecule has 0 spiro atoms. The Morgan fingerprint density at radius 3 is 2.62 bits per heavy atom. The van der Waals surface area contributed by atoms with E-state index in [1.54, 1.807) is 26.2 Å². The maximum absolute atomic E-state index is 11.3. The van der Waals surface area contributed by atoms with Gasteiger partial charge in [0.2, 0.25) is 11.7 Å². The first kappa shape index (κ1) is 9.51. The van der Waals surface area contributed by atoms with Gasteiger partial charge >= 0.3 is 0 Å². The molecule has 0 unspecified atom stereocenters. The standard InChI is InChI=1S/C9H11NO3/c1-10(2)9(12)6-7(11)8-4-3-5-13-8/h3-5H,6H2,1-2H3. The molecule has 0 radical (unpaired) electrons. The van der Waals surface area contributed by atoms with Gasteiger partial charge in [0.1, 0.15) is 0 Å². The highest BCUT2D eigenvalue weighted by Gasteiger charge is 2.14. The summed E-state index contributed by atoms with van der Waals surface area (Å²) in [6.45, 7) is 0. The molecule has 4 nitrogen and oxygen atoms in total. The third-order valence-electron chi connectivity index (χ3n) is 1.61. The zero-order valence-electron chi connectivity index (χ0n) is 7.61. The van der Waals surface area contributed by atoms with Crippen molar-refractivity contribution >= 4 is 11.7 Å². The van der Waals surface area contributed by atoms with Gasteiger partial charge in [-0.05, 0) is 12.1 Å². The second-order valence-electron chi connectivity index (χ2n) is 2.87. The van der Waals surface area contributed by atoms with Crippen LogP contribution in [-0.4, -0.2) is 30.7 Å². The molecule has 0 fully saturated rings. The highest BCUT2D eigenvalue weighted by atomic mass is 16.3. The van der Waals surface area contributed by atoms with Crippen LogP contribution in [-0.2, 0) is 4.79 Å². The Labute approximate surface area is 76.1 Å². The lowest BCUT2D eigenvalue weighted by Gasteiger charge is -2.07. The molecule has 0 aliphatic carbocycles. The van der Waals surface area contributed by atoms with Crippen LogP contribution >= 0.6 is 0 Å². The van der Waals surface area contributed by atoms with E-state index < -0.39 is 0 Å². The molecule has 1 aromatic rings. The summed E-state index contributed by atoms with van der Waals surface area (Å²) >= 11 is 0. The van der Waals surface area contributed by atoms with Gasteiger partial charge in [-0.15, -0.1) is 0 Å². The fourth-order valence-corrected chi connectivity index (χ4v) is 0.820. The zero-order valence-corrected chi connectivity index (χ0v) is 7.61. The minimum Gasteiger partial charge on any atom is -0.461 e. The summed E-state index contributed by atoms with van der Waals surface area (Å²) in [5, 5.41) is 0. The minimum atomic E-state index is -0.288. The summed E-state index contributed by atoms with van der Waals surface area (Å²) < 4.78 is 4.86. The van der Waals surface area contributed by atoms with Crippen LogP contribution in [0.25, 0.3) is 0 Å². The van der Waals surface area contributed by atoms with Crippen LogP contribution in [0.2, 0.25) is 0 Å². The Morgan fingerprint density at radius 2 is 2.15 bits per heavy atom. The van der Waals surface area contributed by atoms with Gasteiger partial charge in [0.15, 0.2) is 5.76 Å². The Bertz CT molecular complexity index is 301. The topological polar surface area (TPSA) is 50.5 Å². The molecule has 70 valence electrons. The molecule has 0 aromatic carbocycles. The summed E-state index contributed by atoms with van der Waals surface area (Å²) in [6, 6.07) is 3.17. The quantitative estimate of drug-likeness (QED) is 0.515. The first-order valence-electron chi connectivity index (χ1n) is 3.88. The second kappa shape index (κ2) is 3.89. The largest absolute Gasteiger partial charge is 0.461 e. The van der Waals surface area contributed by atoms with Crippen molar-refractivity contribution in [2.45, 2.75) is 6.42 Å². The number of carbonyl (C=O) groups is 2. The van der Waals surface area contributed by atoms with Gasteiger partial charge in [-0.3, -0.25) is 9.59 Å². The normalized spacial score (nSPS) is 9.69. The molecule has 0 N–H and O–H groups in total. The van der Waals surface area contributed by atoms with E-state index in [1.165, 1.54) is 11.2 Å². The molecule has 0 saturated carbocycles. The van der Waals surface area contributed by atoms with E-state index >= 15 is 0 Å². The molecule has 1 aromatic heterocycles. The molecule has 0 bridgehead atoms. The summed E-state index contributed by atoms with van der Waals surface area (Å²) in [7, 11) is 3.22. The predicted octanol–water partition coefficient (Wildman–Crippen LogP) is 0.941. The van der Waals surface area contributed by atoms with Crippen LogP contribution in [0.1, 0.15) is 17.0 Å². The summed E-state index contributed by atoms with van der Waals surface area (Å²) in [6.07, 6.45) is 1.27. The van der Waals surface area contributed by atoms with Crippen molar-refractivity contribution in [1.29, 1.82) is 0 Å². The maximum Gasteiger partial charge on any atom is 0.230 e. The number of amides is 1. The van der Waals surface area contributed by atoms with Crippen LogP contribution in [0.15, 0.2) is 22.8 Å². The van der Waals surface area contributed by atoms with E-state index in [2.05, 4.69) is 0 Å². The number of Topliss-reactive ketones (excluding diaryl/α,β-unsaturated/α-hetero) is 1. The Morgan fingerprint density at radius 1 is 1.46 bits per heavy atom. The van der Waals surface area contributed by atoms with Gasteiger partial charge in [-0.2, -0.15) is 0 Å². The van der Waals surface area contributed by atoms with Crippen LogP contribution < -0.4 is 0 Å². The van der Waals surface area contributed by atoms with Crippen molar-refractivity contribution in [2.24, 2.45) is 0 Å². The summed E-state index contributed by atoms with van der Waals surface area (Å²) in [4.78, 5) is 23.8. The average Bonchev–Trinajstić information content (AvgIpc) is 2.55. The van der Waals surface area contributed by atoms with Crippen LogP contribution in [0.3, 0.4) is 0 Å². The molecular formula is C9H11NO3. The van der Waals surface area contributed by atoms with Crippen molar-refractivity contribution in [3.63, 3.8) is 0 Å². The fraction of sp³-hybridized carbons (Fsp3) is 0.333. The van der Waals surface area contributed by atoms with Gasteiger partial charge in [0, 0.05) is 14.1 Å². The minimum absolute atomic E-state index is 0.138. The van der Waals surface area contributed by atoms with Crippen LogP contribution in [0.5, 0.6) is 0 Å². The Kier molecular flexibility index (Phi) is 2.84.